The van der Waals surface area contributed by atoms with Gasteiger partial charge in [-0.15, -0.1) is 22.7 Å². The molecule has 1 N–H and O–H groups in total. The molecule has 0 spiro atoms. The van der Waals surface area contributed by atoms with Gasteiger partial charge in [0.15, 0.2) is 9.84 Å². The number of aromatic nitrogens is 1. The number of carbonyl (C=O) groups is 1. The third kappa shape index (κ3) is 5.02. The molecule has 0 bridgehead atoms. The van der Waals surface area contributed by atoms with Crippen LogP contribution in [-0.2, 0) is 29.3 Å². The van der Waals surface area contributed by atoms with E-state index >= 15 is 0 Å². The molecule has 0 fully saturated rings. The molecular weight excluding hydrogens is 535 g/mol. The SMILES string of the molecule is CS(=O)(=O)c1ccc(C(=O)Nc2sc3c(c2-c2nc4ccccc4s2)CCN(Cc2ccccc2)C3)cc1. The second-order valence-corrected chi connectivity index (χ2v) is 13.5. The number of nitrogens with one attached hydrogen (secondary N) is 1. The van der Waals surface area contributed by atoms with Crippen molar-refractivity contribution < 1.29 is 13.2 Å². The summed E-state index contributed by atoms with van der Waals surface area (Å²) in [6, 6.07) is 24.6. The molecule has 0 saturated carbocycles. The third-order valence-corrected chi connectivity index (χ3v) is 9.98. The molecule has 0 radical (unpaired) electrons. The Morgan fingerprint density at radius 1 is 0.974 bits per heavy atom. The van der Waals surface area contributed by atoms with Gasteiger partial charge >= 0.3 is 0 Å². The fraction of sp³-hybridized carbons (Fsp3) is 0.172. The first-order chi connectivity index (χ1) is 18.3. The number of amides is 1. The zero-order valence-electron chi connectivity index (χ0n) is 20.7. The van der Waals surface area contributed by atoms with E-state index in [0.717, 1.165) is 58.1 Å². The normalized spacial score (nSPS) is 13.9. The first-order valence-electron chi connectivity index (χ1n) is 12.2. The Kier molecular flexibility index (Phi) is 6.61. The van der Waals surface area contributed by atoms with Crippen molar-refractivity contribution in [2.45, 2.75) is 24.4 Å². The van der Waals surface area contributed by atoms with Crippen LogP contribution < -0.4 is 5.32 Å². The number of hydrogen-bond acceptors (Lipinski definition) is 7. The van der Waals surface area contributed by atoms with Gasteiger partial charge in [0.05, 0.1) is 15.1 Å². The fourth-order valence-corrected chi connectivity index (χ4v) is 7.78. The van der Waals surface area contributed by atoms with E-state index in [1.54, 1.807) is 34.8 Å². The van der Waals surface area contributed by atoms with E-state index in [1.165, 1.54) is 28.1 Å². The van der Waals surface area contributed by atoms with Crippen LogP contribution in [0.15, 0.2) is 83.8 Å². The summed E-state index contributed by atoms with van der Waals surface area (Å²) in [6.07, 6.45) is 2.03. The number of sulfone groups is 1. The minimum absolute atomic E-state index is 0.189. The summed E-state index contributed by atoms with van der Waals surface area (Å²) in [5, 5.41) is 4.82. The largest absolute Gasteiger partial charge is 0.313 e. The first kappa shape index (κ1) is 24.9. The summed E-state index contributed by atoms with van der Waals surface area (Å²) >= 11 is 3.25. The molecule has 3 heterocycles. The van der Waals surface area contributed by atoms with E-state index in [2.05, 4.69) is 40.5 Å². The number of fused-ring (bicyclic) bond motifs is 2. The standard InChI is InChI=1S/C29H25N3O3S3/c1-38(34,35)21-13-11-20(12-14-21)27(33)31-29-26(28-30-23-9-5-6-10-24(23)36-28)22-15-16-32(18-25(22)37-29)17-19-7-3-2-4-8-19/h2-14H,15-18H2,1H3,(H,31,33). The Hall–Kier alpha value is -3.37. The predicted molar refractivity (Wildman–Crippen MR) is 155 cm³/mol. The molecule has 6 rings (SSSR count). The molecule has 0 saturated heterocycles. The predicted octanol–water partition coefficient (Wildman–Crippen LogP) is 6.24. The maximum Gasteiger partial charge on any atom is 0.256 e. The molecule has 0 aliphatic carbocycles. The van der Waals surface area contributed by atoms with E-state index in [1.807, 2.05) is 24.3 Å². The van der Waals surface area contributed by atoms with Crippen LogP contribution in [0.25, 0.3) is 20.8 Å². The third-order valence-electron chi connectivity index (χ3n) is 6.66. The van der Waals surface area contributed by atoms with Crippen molar-refractivity contribution in [2.24, 2.45) is 0 Å². The number of carbonyl (C=O) groups excluding carboxylic acids is 1. The second-order valence-electron chi connectivity index (χ2n) is 9.39. The lowest BCUT2D eigenvalue weighted by atomic mass is 10.0. The highest BCUT2D eigenvalue weighted by atomic mass is 32.2. The molecule has 6 nitrogen and oxygen atoms in total. The number of nitrogens with zero attached hydrogens (tertiary/aromatic N) is 2. The molecular formula is C29H25N3O3S3. The minimum Gasteiger partial charge on any atom is -0.313 e. The van der Waals surface area contributed by atoms with Gasteiger partial charge in [-0.3, -0.25) is 9.69 Å². The van der Waals surface area contributed by atoms with Gasteiger partial charge in [-0.05, 0) is 53.9 Å². The van der Waals surface area contributed by atoms with Crippen molar-refractivity contribution in [3.63, 3.8) is 0 Å². The van der Waals surface area contributed by atoms with E-state index in [4.69, 9.17) is 4.98 Å². The van der Waals surface area contributed by atoms with Crippen LogP contribution in [-0.4, -0.2) is 37.0 Å². The highest BCUT2D eigenvalue weighted by Gasteiger charge is 2.28. The van der Waals surface area contributed by atoms with Crippen LogP contribution in [0.4, 0.5) is 5.00 Å². The fourth-order valence-electron chi connectivity index (χ4n) is 4.76. The summed E-state index contributed by atoms with van der Waals surface area (Å²) in [5.41, 5.74) is 4.89. The highest BCUT2D eigenvalue weighted by molar-refractivity contribution is 7.90. The molecule has 0 unspecified atom stereocenters. The van der Waals surface area contributed by atoms with Gasteiger partial charge in [0, 0.05) is 41.9 Å². The number of rotatable bonds is 6. The van der Waals surface area contributed by atoms with Crippen molar-refractivity contribution >= 4 is 53.6 Å². The summed E-state index contributed by atoms with van der Waals surface area (Å²) in [6.45, 7) is 2.62. The summed E-state index contributed by atoms with van der Waals surface area (Å²) in [5.74, 6) is -0.271. The molecule has 3 aromatic carbocycles. The maximum atomic E-state index is 13.3. The molecule has 38 heavy (non-hydrogen) atoms. The number of thiazole rings is 1. The first-order valence-corrected chi connectivity index (χ1v) is 15.8. The van der Waals surface area contributed by atoms with Crippen molar-refractivity contribution in [3.05, 3.63) is 100 Å². The van der Waals surface area contributed by atoms with Crippen molar-refractivity contribution in [1.29, 1.82) is 0 Å². The average Bonchev–Trinajstić information content (AvgIpc) is 3.49. The Balaban J connectivity index is 1.35. The maximum absolute atomic E-state index is 13.3. The molecule has 1 aliphatic heterocycles. The van der Waals surface area contributed by atoms with E-state index in [9.17, 15) is 13.2 Å². The smallest absolute Gasteiger partial charge is 0.256 e. The lowest BCUT2D eigenvalue weighted by molar-refractivity contribution is 0.102. The van der Waals surface area contributed by atoms with Crippen molar-refractivity contribution in [1.82, 2.24) is 9.88 Å². The number of benzene rings is 3. The van der Waals surface area contributed by atoms with Gasteiger partial charge in [0.2, 0.25) is 0 Å². The molecule has 0 atom stereocenters. The monoisotopic (exact) mass is 559 g/mol. The van der Waals surface area contributed by atoms with E-state index in [-0.39, 0.29) is 10.8 Å². The van der Waals surface area contributed by atoms with Crippen LogP contribution in [0.5, 0.6) is 0 Å². The van der Waals surface area contributed by atoms with Crippen LogP contribution in [0.2, 0.25) is 0 Å². The van der Waals surface area contributed by atoms with Gasteiger partial charge in [-0.25, -0.2) is 13.4 Å². The summed E-state index contributed by atoms with van der Waals surface area (Å²) < 4.78 is 24.8. The van der Waals surface area contributed by atoms with Gasteiger partial charge in [-0.2, -0.15) is 0 Å². The van der Waals surface area contributed by atoms with Gasteiger partial charge in [0.25, 0.3) is 5.91 Å². The molecule has 1 aliphatic rings. The Morgan fingerprint density at radius 3 is 2.45 bits per heavy atom. The van der Waals surface area contributed by atoms with Crippen molar-refractivity contribution in [3.8, 4) is 10.6 Å². The topological polar surface area (TPSA) is 79.4 Å². The van der Waals surface area contributed by atoms with Crippen LogP contribution >= 0.6 is 22.7 Å². The van der Waals surface area contributed by atoms with Crippen molar-refractivity contribution in [2.75, 3.05) is 18.1 Å². The molecule has 1 amide bonds. The van der Waals surface area contributed by atoms with Crippen LogP contribution in [0, 0.1) is 0 Å². The van der Waals surface area contributed by atoms with Crippen LogP contribution in [0.1, 0.15) is 26.4 Å². The summed E-state index contributed by atoms with van der Waals surface area (Å²) in [7, 11) is -3.33. The molecule has 5 aromatic rings. The van der Waals surface area contributed by atoms with Crippen LogP contribution in [0.3, 0.4) is 0 Å². The summed E-state index contributed by atoms with van der Waals surface area (Å²) in [4.78, 5) is 22.1. The molecule has 2 aromatic heterocycles. The number of anilines is 1. The second kappa shape index (κ2) is 10.1. The van der Waals surface area contributed by atoms with Gasteiger partial charge < -0.3 is 5.32 Å². The minimum atomic E-state index is -3.33. The van der Waals surface area contributed by atoms with Gasteiger partial charge in [-0.1, -0.05) is 42.5 Å². The quantitative estimate of drug-likeness (QED) is 0.266. The lowest BCUT2D eigenvalue weighted by Gasteiger charge is -2.27. The zero-order chi connectivity index (χ0) is 26.3. The highest BCUT2D eigenvalue weighted by Crippen LogP contribution is 2.46. The molecule has 192 valence electrons. The van der Waals surface area contributed by atoms with E-state index in [0.29, 0.717) is 5.56 Å². The zero-order valence-corrected chi connectivity index (χ0v) is 23.1. The molecule has 9 heteroatoms. The Labute approximate surface area is 229 Å². The average molecular weight is 560 g/mol. The number of thiophene rings is 1. The number of para-hydroxylation sites is 1. The Morgan fingerprint density at radius 2 is 1.71 bits per heavy atom. The number of hydrogen-bond donors (Lipinski definition) is 1. The van der Waals surface area contributed by atoms with E-state index < -0.39 is 9.84 Å². The van der Waals surface area contributed by atoms with Gasteiger partial charge in [0.1, 0.15) is 10.0 Å². The Bertz CT molecular complexity index is 1710. The lowest BCUT2D eigenvalue weighted by Crippen LogP contribution is -2.29.